The number of carbonyl (C=O) groups excluding carboxylic acids is 4. The van der Waals surface area contributed by atoms with E-state index in [1.165, 1.54) is 26.0 Å². The number of carbonyl (C=O) groups is 4. The van der Waals surface area contributed by atoms with Crippen LogP contribution in [0.3, 0.4) is 0 Å². The van der Waals surface area contributed by atoms with Crippen molar-refractivity contribution in [1.29, 1.82) is 0 Å². The standard InChI is InChI=1S/C47H60N4O10/c1-8-43(56)22-29-23-46(41(54)59-6,37-30(13-17-49(24-29)25-43)31-19-27(3)11-12-34(31)48-37)33-20-32-35(21-36(33)58-5)51(26-52)39-45(32)15-18-50-16-10-14-44(9-2,38(45)50)40(61-28(4)53)47(39,57)42(55)60-7/h10-12,14,19-21,26,29,33,36,38-40,48,56-57H,8-9,13,15-18,22-25H2,1-7H3/t29-,33?,36?,38+,39-,40-,43+,44-,45-,46+,47+/m1/s1. The van der Waals surface area contributed by atoms with Crippen molar-refractivity contribution in [2.24, 2.45) is 22.7 Å². The normalized spacial score (nSPS) is 40.0. The Morgan fingerprint density at radius 2 is 1.77 bits per heavy atom. The summed E-state index contributed by atoms with van der Waals surface area (Å²) in [5.41, 5.74) is -2.14. The molecule has 3 saturated heterocycles. The molecule has 14 nitrogen and oxygen atoms in total. The first-order valence-electron chi connectivity index (χ1n) is 21.9. The van der Waals surface area contributed by atoms with E-state index in [4.69, 9.17) is 18.9 Å². The number of allylic oxidation sites excluding steroid dienone is 1. The van der Waals surface area contributed by atoms with Gasteiger partial charge < -0.3 is 39.0 Å². The lowest BCUT2D eigenvalue weighted by molar-refractivity contribution is -0.242. The van der Waals surface area contributed by atoms with Crippen LogP contribution in [-0.2, 0) is 50.0 Å². The van der Waals surface area contributed by atoms with Gasteiger partial charge in [0.15, 0.2) is 6.10 Å². The molecule has 1 amide bonds. The fraction of sp³-hybridized carbons (Fsp3) is 0.617. The molecule has 12 atom stereocenters. The Balaban J connectivity index is 1.35. The third kappa shape index (κ3) is 5.57. The monoisotopic (exact) mass is 840 g/mol. The van der Waals surface area contributed by atoms with Crippen LogP contribution in [0.2, 0.25) is 0 Å². The molecule has 5 aliphatic heterocycles. The fourth-order valence-corrected chi connectivity index (χ4v) is 14.0. The second-order valence-corrected chi connectivity index (χ2v) is 19.0. The summed E-state index contributed by atoms with van der Waals surface area (Å²) in [5.74, 6) is -2.99. The number of esters is 3. The van der Waals surface area contributed by atoms with E-state index >= 15 is 4.79 Å². The molecule has 1 aromatic carbocycles. The summed E-state index contributed by atoms with van der Waals surface area (Å²) < 4.78 is 23.9. The highest BCUT2D eigenvalue weighted by atomic mass is 16.6. The van der Waals surface area contributed by atoms with Gasteiger partial charge in [0.2, 0.25) is 12.0 Å². The molecule has 7 aliphatic rings. The number of ether oxygens (including phenoxy) is 4. The summed E-state index contributed by atoms with van der Waals surface area (Å²) in [6.07, 6.45) is 9.19. The van der Waals surface area contributed by atoms with Gasteiger partial charge in [-0.2, -0.15) is 0 Å². The van der Waals surface area contributed by atoms with Gasteiger partial charge >= 0.3 is 17.9 Å². The van der Waals surface area contributed by atoms with Crippen molar-refractivity contribution in [2.45, 2.75) is 107 Å². The van der Waals surface area contributed by atoms with Crippen LogP contribution in [0, 0.1) is 29.6 Å². The minimum atomic E-state index is -2.51. The number of aromatic nitrogens is 1. The number of hydrogen-bond donors (Lipinski definition) is 3. The highest BCUT2D eigenvalue weighted by molar-refractivity contribution is 5.92. The van der Waals surface area contributed by atoms with Gasteiger partial charge in [-0.25, -0.2) is 4.79 Å². The first-order chi connectivity index (χ1) is 29.2. The molecular formula is C47H60N4O10. The number of amides is 1. The van der Waals surface area contributed by atoms with E-state index in [2.05, 4.69) is 46.0 Å². The van der Waals surface area contributed by atoms with Gasteiger partial charge in [0.25, 0.3) is 0 Å². The van der Waals surface area contributed by atoms with Gasteiger partial charge in [-0.05, 0) is 87.3 Å². The van der Waals surface area contributed by atoms with Crippen LogP contribution in [0.25, 0.3) is 10.9 Å². The summed E-state index contributed by atoms with van der Waals surface area (Å²) in [6, 6.07) is 4.57. The van der Waals surface area contributed by atoms with Gasteiger partial charge in [0, 0.05) is 85.3 Å². The van der Waals surface area contributed by atoms with Crippen LogP contribution in [0.4, 0.5) is 0 Å². The largest absolute Gasteiger partial charge is 0.468 e. The maximum atomic E-state index is 15.4. The molecule has 1 saturated carbocycles. The number of benzene rings is 1. The number of methoxy groups -OCH3 is 3. The van der Waals surface area contributed by atoms with E-state index in [0.717, 1.165) is 33.3 Å². The number of rotatable bonds is 8. The summed E-state index contributed by atoms with van der Waals surface area (Å²) in [5, 5.41) is 26.4. The van der Waals surface area contributed by atoms with Crippen molar-refractivity contribution >= 4 is 35.2 Å². The van der Waals surface area contributed by atoms with Gasteiger partial charge in [-0.1, -0.05) is 43.7 Å². The quantitative estimate of drug-likeness (QED) is 0.153. The Morgan fingerprint density at radius 3 is 2.44 bits per heavy atom. The molecule has 2 aromatic rings. The summed E-state index contributed by atoms with van der Waals surface area (Å²) >= 11 is 0. The predicted octanol–water partition coefficient (Wildman–Crippen LogP) is 3.47. The van der Waals surface area contributed by atoms with E-state index in [1.54, 1.807) is 7.11 Å². The van der Waals surface area contributed by atoms with E-state index < -0.39 is 75.6 Å². The minimum Gasteiger partial charge on any atom is -0.468 e. The molecule has 9 rings (SSSR count). The first-order valence-corrected chi connectivity index (χ1v) is 21.9. The van der Waals surface area contributed by atoms with Crippen LogP contribution in [-0.4, -0.2) is 144 Å². The van der Waals surface area contributed by atoms with Gasteiger partial charge in [0.05, 0.1) is 32.0 Å². The highest BCUT2D eigenvalue weighted by Gasteiger charge is 2.82. The number of likely N-dealkylation sites (tertiary alicyclic amines) is 1. The van der Waals surface area contributed by atoms with Crippen LogP contribution in [0.5, 0.6) is 0 Å². The number of hydrogen-bond acceptors (Lipinski definition) is 12. The van der Waals surface area contributed by atoms with Gasteiger partial charge in [-0.15, -0.1) is 0 Å². The Bertz CT molecular complexity index is 2270. The molecule has 3 unspecified atom stereocenters. The molecule has 328 valence electrons. The molecule has 4 fully saturated rings. The Morgan fingerprint density at radius 1 is 1.00 bits per heavy atom. The zero-order valence-electron chi connectivity index (χ0n) is 36.4. The van der Waals surface area contributed by atoms with Crippen molar-refractivity contribution in [3.8, 4) is 0 Å². The maximum Gasteiger partial charge on any atom is 0.344 e. The zero-order valence-corrected chi connectivity index (χ0v) is 36.4. The molecule has 3 N–H and O–H groups in total. The Kier molecular flexibility index (Phi) is 10.1. The van der Waals surface area contributed by atoms with Crippen LogP contribution < -0.4 is 0 Å². The second kappa shape index (κ2) is 14.6. The zero-order chi connectivity index (χ0) is 43.4. The average Bonchev–Trinajstić information content (AvgIpc) is 3.92. The molecule has 1 aromatic heterocycles. The number of H-pyrrole nitrogens is 1. The third-order valence-electron chi connectivity index (χ3n) is 16.2. The smallest absolute Gasteiger partial charge is 0.344 e. The highest BCUT2D eigenvalue weighted by Crippen LogP contribution is 2.70. The first kappa shape index (κ1) is 42.0. The summed E-state index contributed by atoms with van der Waals surface area (Å²) in [4.78, 5) is 66.5. The van der Waals surface area contributed by atoms with Crippen LogP contribution in [0.1, 0.15) is 69.7 Å². The number of aryl methyl sites for hydroxylation is 1. The summed E-state index contributed by atoms with van der Waals surface area (Å²) in [6.45, 7) is 10.3. The average molecular weight is 841 g/mol. The fourth-order valence-electron chi connectivity index (χ4n) is 14.0. The van der Waals surface area contributed by atoms with Gasteiger partial charge in [0.1, 0.15) is 5.41 Å². The molecular weight excluding hydrogens is 781 g/mol. The molecule has 6 heterocycles. The number of aliphatic hydroxyl groups is 2. The number of nitrogens with one attached hydrogen (secondary N) is 1. The Labute approximate surface area is 356 Å². The van der Waals surface area contributed by atoms with Crippen molar-refractivity contribution in [3.05, 3.63) is 70.6 Å². The second-order valence-electron chi connectivity index (χ2n) is 19.0. The molecule has 1 spiro atoms. The van der Waals surface area contributed by atoms with Crippen molar-refractivity contribution in [1.82, 2.24) is 19.7 Å². The van der Waals surface area contributed by atoms with Crippen LogP contribution in [0.15, 0.2) is 53.8 Å². The van der Waals surface area contributed by atoms with E-state index in [1.807, 2.05) is 32.1 Å². The number of aromatic amines is 1. The van der Waals surface area contributed by atoms with Gasteiger partial charge in [-0.3, -0.25) is 24.2 Å². The van der Waals surface area contributed by atoms with E-state index in [-0.39, 0.29) is 5.92 Å². The van der Waals surface area contributed by atoms with E-state index in [9.17, 15) is 24.6 Å². The molecule has 0 radical (unpaired) electrons. The number of fused-ring (bicyclic) bond motifs is 6. The molecule has 2 bridgehead atoms. The molecule has 2 aliphatic carbocycles. The van der Waals surface area contributed by atoms with Crippen molar-refractivity contribution in [3.63, 3.8) is 0 Å². The predicted molar refractivity (Wildman–Crippen MR) is 224 cm³/mol. The lowest BCUT2D eigenvalue weighted by Gasteiger charge is -2.63. The SMILES string of the molecule is CC[C@]1(O)C[C@H]2CN(CCc3c([nH]c4ccc(C)cc34)[C@@](C(=O)OC)(C3C=C4C(=CC3OC)N(C=O)[C@H]3[C@@](O)(C(=O)OC)[C@H](OC(C)=O)[C@]5(CC)C=CCN6CC[C@]43[C@@H]65)C2)C1. The molecule has 14 heteroatoms. The maximum absolute atomic E-state index is 15.4. The van der Waals surface area contributed by atoms with Crippen LogP contribution >= 0.6 is 0 Å². The lowest BCUT2D eigenvalue weighted by Crippen LogP contribution is -2.80. The summed E-state index contributed by atoms with van der Waals surface area (Å²) in [7, 11) is 4.19. The Hall–Kier alpha value is -4.34. The van der Waals surface area contributed by atoms with Crippen molar-refractivity contribution < 1.29 is 48.3 Å². The van der Waals surface area contributed by atoms with E-state index in [0.29, 0.717) is 83.4 Å². The number of nitrogens with zero attached hydrogens (tertiary/aromatic N) is 3. The van der Waals surface area contributed by atoms with Crippen molar-refractivity contribution in [2.75, 3.05) is 54.1 Å². The topological polar surface area (TPSA) is 171 Å². The number of piperidine rings is 1. The minimum absolute atomic E-state index is 0.124. The lowest BCUT2D eigenvalue weighted by atomic mass is 9.47. The molecule has 61 heavy (non-hydrogen) atoms. The third-order valence-corrected chi connectivity index (χ3v) is 16.2.